The zero-order valence-corrected chi connectivity index (χ0v) is 18.9. The van der Waals surface area contributed by atoms with Crippen molar-refractivity contribution in [2.45, 2.75) is 32.9 Å². The van der Waals surface area contributed by atoms with Crippen LogP contribution in [0.4, 0.5) is 5.69 Å². The predicted octanol–water partition coefficient (Wildman–Crippen LogP) is 5.01. The van der Waals surface area contributed by atoms with Crippen molar-refractivity contribution in [2.24, 2.45) is 0 Å². The fourth-order valence-corrected chi connectivity index (χ4v) is 3.90. The van der Waals surface area contributed by atoms with E-state index in [1.54, 1.807) is 61.7 Å². The van der Waals surface area contributed by atoms with Crippen molar-refractivity contribution in [3.63, 3.8) is 0 Å². The summed E-state index contributed by atoms with van der Waals surface area (Å²) < 4.78 is 16.5. The smallest absolute Gasteiger partial charge is 0.300 e. The van der Waals surface area contributed by atoms with E-state index >= 15 is 0 Å². The number of carbonyl (C=O) groups is 2. The van der Waals surface area contributed by atoms with Gasteiger partial charge in [0.1, 0.15) is 29.1 Å². The monoisotopic (exact) mass is 447 g/mol. The van der Waals surface area contributed by atoms with E-state index in [2.05, 4.69) is 0 Å². The van der Waals surface area contributed by atoms with Gasteiger partial charge < -0.3 is 19.0 Å². The maximum Gasteiger partial charge on any atom is 0.300 e. The van der Waals surface area contributed by atoms with Crippen LogP contribution in [0.1, 0.15) is 36.8 Å². The molecule has 1 aliphatic heterocycles. The zero-order chi connectivity index (χ0) is 23.7. The minimum absolute atomic E-state index is 0.00285. The van der Waals surface area contributed by atoms with Crippen LogP contribution >= 0.6 is 0 Å². The molecule has 7 nitrogen and oxygen atoms in total. The summed E-state index contributed by atoms with van der Waals surface area (Å²) in [5, 5.41) is 11.2. The maximum atomic E-state index is 13.1. The molecule has 1 aliphatic rings. The Balaban J connectivity index is 1.84. The first-order valence-corrected chi connectivity index (χ1v) is 10.6. The number of benzene rings is 2. The van der Waals surface area contributed by atoms with Crippen molar-refractivity contribution < 1.29 is 28.6 Å². The molecule has 1 fully saturated rings. The molecule has 1 amide bonds. The first-order valence-electron chi connectivity index (χ1n) is 10.6. The predicted molar refractivity (Wildman–Crippen MR) is 123 cm³/mol. The Morgan fingerprint density at radius 3 is 2.39 bits per heavy atom. The van der Waals surface area contributed by atoms with Crippen LogP contribution in [-0.4, -0.2) is 30.0 Å². The molecule has 33 heavy (non-hydrogen) atoms. The van der Waals surface area contributed by atoms with Gasteiger partial charge in [0.2, 0.25) is 0 Å². The van der Waals surface area contributed by atoms with Crippen LogP contribution in [0.25, 0.3) is 5.76 Å². The summed E-state index contributed by atoms with van der Waals surface area (Å²) in [6.07, 6.45) is 1.46. The Bertz CT molecular complexity index is 1210. The summed E-state index contributed by atoms with van der Waals surface area (Å²) in [6.45, 7) is 5.71. The Morgan fingerprint density at radius 2 is 1.82 bits per heavy atom. The van der Waals surface area contributed by atoms with E-state index in [-0.39, 0.29) is 17.4 Å². The molecule has 0 spiro atoms. The maximum absolute atomic E-state index is 13.1. The van der Waals surface area contributed by atoms with Crippen LogP contribution in [0, 0.1) is 6.92 Å². The number of carbonyl (C=O) groups excluding carboxylic acids is 2. The summed E-state index contributed by atoms with van der Waals surface area (Å²) in [5.41, 5.74) is 1.65. The molecular formula is C26H25NO6. The fourth-order valence-electron chi connectivity index (χ4n) is 3.90. The summed E-state index contributed by atoms with van der Waals surface area (Å²) in [4.78, 5) is 27.6. The van der Waals surface area contributed by atoms with Crippen LogP contribution in [-0.2, 0) is 9.59 Å². The zero-order valence-electron chi connectivity index (χ0n) is 18.9. The van der Waals surface area contributed by atoms with Crippen LogP contribution in [0.15, 0.2) is 70.9 Å². The molecule has 1 saturated heterocycles. The summed E-state index contributed by atoms with van der Waals surface area (Å²) in [6, 6.07) is 14.3. The Kier molecular flexibility index (Phi) is 5.96. The lowest BCUT2D eigenvalue weighted by atomic mass is 9.98. The number of aliphatic hydroxyl groups excluding tert-OH is 1. The fraction of sp³-hybridized carbons (Fsp3) is 0.231. The molecule has 0 saturated carbocycles. The second-order valence-electron chi connectivity index (χ2n) is 8.03. The van der Waals surface area contributed by atoms with E-state index in [1.807, 2.05) is 20.8 Å². The van der Waals surface area contributed by atoms with Gasteiger partial charge in [-0.1, -0.05) is 0 Å². The highest BCUT2D eigenvalue weighted by molar-refractivity contribution is 6.51. The number of aliphatic hydroxyl groups is 1. The number of ether oxygens (including phenoxy) is 2. The number of aryl methyl sites for hydroxylation is 1. The first-order chi connectivity index (χ1) is 15.8. The molecule has 2 heterocycles. The van der Waals surface area contributed by atoms with Crippen molar-refractivity contribution >= 4 is 23.1 Å². The van der Waals surface area contributed by atoms with Gasteiger partial charge in [-0.15, -0.1) is 0 Å². The lowest BCUT2D eigenvalue weighted by molar-refractivity contribution is -0.132. The van der Waals surface area contributed by atoms with Gasteiger partial charge >= 0.3 is 0 Å². The summed E-state index contributed by atoms with van der Waals surface area (Å²) in [5.74, 6) is -0.149. The highest BCUT2D eigenvalue weighted by atomic mass is 16.5. The number of hydrogen-bond acceptors (Lipinski definition) is 6. The van der Waals surface area contributed by atoms with Gasteiger partial charge in [0, 0.05) is 11.3 Å². The van der Waals surface area contributed by atoms with E-state index in [0.29, 0.717) is 28.5 Å². The van der Waals surface area contributed by atoms with Crippen LogP contribution in [0.3, 0.4) is 0 Å². The minimum atomic E-state index is -0.916. The third kappa shape index (κ3) is 4.09. The van der Waals surface area contributed by atoms with Gasteiger partial charge in [-0.25, -0.2) is 0 Å². The van der Waals surface area contributed by atoms with Gasteiger partial charge in [0.25, 0.3) is 11.7 Å². The molecule has 3 aromatic rings. The topological polar surface area (TPSA) is 89.2 Å². The second kappa shape index (κ2) is 8.86. The standard InChI is InChI=1S/C26H25NO6/c1-15(2)33-20-12-7-17(14-16(20)3)24(28)22-23(21-6-5-13-32-21)27(26(30)25(22)29)18-8-10-19(31-4)11-9-18/h5-15,23,28H,1-4H3/b24-22-. The van der Waals surface area contributed by atoms with E-state index in [1.165, 1.54) is 11.2 Å². The molecule has 1 unspecified atom stereocenters. The molecular weight excluding hydrogens is 422 g/mol. The van der Waals surface area contributed by atoms with Crippen molar-refractivity contribution in [1.29, 1.82) is 0 Å². The number of anilines is 1. The number of ketones is 1. The minimum Gasteiger partial charge on any atom is -0.507 e. The lowest BCUT2D eigenvalue weighted by Gasteiger charge is -2.23. The molecule has 1 N–H and O–H groups in total. The highest BCUT2D eigenvalue weighted by Gasteiger charge is 2.48. The van der Waals surface area contributed by atoms with Gasteiger partial charge in [-0.2, -0.15) is 0 Å². The van der Waals surface area contributed by atoms with E-state index in [4.69, 9.17) is 13.9 Å². The average molecular weight is 447 g/mol. The van der Waals surface area contributed by atoms with Crippen molar-refractivity contribution in [1.82, 2.24) is 0 Å². The van der Waals surface area contributed by atoms with Crippen LogP contribution < -0.4 is 14.4 Å². The molecule has 0 aliphatic carbocycles. The Morgan fingerprint density at radius 1 is 1.09 bits per heavy atom. The quantitative estimate of drug-likeness (QED) is 0.325. The Labute approximate surface area is 191 Å². The number of Topliss-reactive ketones (excluding diaryl/α,β-unsaturated/α-hetero) is 1. The van der Waals surface area contributed by atoms with Gasteiger partial charge in [0.15, 0.2) is 0 Å². The van der Waals surface area contributed by atoms with Crippen LogP contribution in [0.5, 0.6) is 11.5 Å². The normalized spacial score (nSPS) is 17.6. The van der Waals surface area contributed by atoms with Gasteiger partial charge in [0.05, 0.1) is 25.1 Å². The van der Waals surface area contributed by atoms with E-state index < -0.39 is 17.7 Å². The van der Waals surface area contributed by atoms with Crippen LogP contribution in [0.2, 0.25) is 0 Å². The molecule has 170 valence electrons. The summed E-state index contributed by atoms with van der Waals surface area (Å²) in [7, 11) is 1.55. The lowest BCUT2D eigenvalue weighted by Crippen LogP contribution is -2.29. The second-order valence-corrected chi connectivity index (χ2v) is 8.03. The molecule has 1 atom stereocenters. The highest BCUT2D eigenvalue weighted by Crippen LogP contribution is 2.42. The molecule has 1 aromatic heterocycles. The Hall–Kier alpha value is -4.00. The van der Waals surface area contributed by atoms with Crippen molar-refractivity contribution in [3.8, 4) is 11.5 Å². The number of hydrogen-bond donors (Lipinski definition) is 1. The third-order valence-corrected chi connectivity index (χ3v) is 5.42. The SMILES string of the molecule is COc1ccc(N2C(=O)C(=O)/C(=C(\O)c3ccc(OC(C)C)c(C)c3)C2c2ccco2)cc1. The van der Waals surface area contributed by atoms with Crippen molar-refractivity contribution in [2.75, 3.05) is 12.0 Å². The van der Waals surface area contributed by atoms with Crippen molar-refractivity contribution in [3.05, 3.63) is 83.3 Å². The third-order valence-electron chi connectivity index (χ3n) is 5.42. The largest absolute Gasteiger partial charge is 0.507 e. The van der Waals surface area contributed by atoms with Gasteiger partial charge in [-0.05, 0) is 80.9 Å². The molecule has 7 heteroatoms. The number of methoxy groups -OCH3 is 1. The van der Waals surface area contributed by atoms with E-state index in [9.17, 15) is 14.7 Å². The molecule has 0 bridgehead atoms. The molecule has 2 aromatic carbocycles. The number of furan rings is 1. The van der Waals surface area contributed by atoms with Gasteiger partial charge in [-0.3, -0.25) is 14.5 Å². The molecule has 0 radical (unpaired) electrons. The number of nitrogens with zero attached hydrogens (tertiary/aromatic N) is 1. The average Bonchev–Trinajstić information content (AvgIpc) is 3.41. The first kappa shape index (κ1) is 22.2. The number of amides is 1. The van der Waals surface area contributed by atoms with E-state index in [0.717, 1.165) is 5.56 Å². The summed E-state index contributed by atoms with van der Waals surface area (Å²) >= 11 is 0. The number of rotatable bonds is 6. The molecule has 4 rings (SSSR count).